The maximum absolute atomic E-state index is 3.63. The molecule has 2 fully saturated rings. The van der Waals surface area contributed by atoms with Crippen LogP contribution in [0.15, 0.2) is 30.3 Å². The molecule has 3 rings (SSSR count). The van der Waals surface area contributed by atoms with Gasteiger partial charge < -0.3 is 10.6 Å². The van der Waals surface area contributed by atoms with Gasteiger partial charge in [0.05, 0.1) is 0 Å². The molecular formula is C12H16N2. The Morgan fingerprint density at radius 2 is 1.86 bits per heavy atom. The zero-order valence-corrected chi connectivity index (χ0v) is 8.24. The topological polar surface area (TPSA) is 24.1 Å². The van der Waals surface area contributed by atoms with Gasteiger partial charge in [-0.25, -0.2) is 0 Å². The molecule has 3 atom stereocenters. The molecule has 0 aromatic heterocycles. The van der Waals surface area contributed by atoms with Crippen LogP contribution < -0.4 is 10.6 Å². The number of hydrogen-bond donors (Lipinski definition) is 2. The van der Waals surface area contributed by atoms with Crippen molar-refractivity contribution in [3.05, 3.63) is 35.9 Å². The Balaban J connectivity index is 1.86. The van der Waals surface area contributed by atoms with E-state index in [0.29, 0.717) is 6.04 Å². The van der Waals surface area contributed by atoms with E-state index in [9.17, 15) is 0 Å². The van der Waals surface area contributed by atoms with Crippen LogP contribution in [0.5, 0.6) is 0 Å². The summed E-state index contributed by atoms with van der Waals surface area (Å²) in [6.45, 7) is 3.55. The van der Waals surface area contributed by atoms with E-state index in [-0.39, 0.29) is 0 Å². The lowest BCUT2D eigenvalue weighted by molar-refractivity contribution is 0.450. The second-order valence-electron chi connectivity index (χ2n) is 4.38. The number of nitrogens with one attached hydrogen (secondary N) is 2. The molecule has 0 bridgehead atoms. The van der Waals surface area contributed by atoms with Gasteiger partial charge in [-0.15, -0.1) is 0 Å². The smallest absolute Gasteiger partial charge is 0.0364 e. The summed E-state index contributed by atoms with van der Waals surface area (Å²) in [7, 11) is 0. The number of rotatable bonds is 1. The largest absolute Gasteiger partial charge is 0.316 e. The zero-order chi connectivity index (χ0) is 9.38. The highest BCUT2D eigenvalue weighted by Gasteiger charge is 2.39. The average molecular weight is 188 g/mol. The van der Waals surface area contributed by atoms with Crippen molar-refractivity contribution in [2.45, 2.75) is 6.04 Å². The molecule has 2 nitrogen and oxygen atoms in total. The Kier molecular flexibility index (Phi) is 2.03. The maximum Gasteiger partial charge on any atom is 0.0364 e. The lowest BCUT2D eigenvalue weighted by Gasteiger charge is -2.17. The summed E-state index contributed by atoms with van der Waals surface area (Å²) in [6.07, 6.45) is 0. The number of benzene rings is 1. The monoisotopic (exact) mass is 188 g/mol. The molecule has 2 N–H and O–H groups in total. The summed E-state index contributed by atoms with van der Waals surface area (Å²) in [6, 6.07) is 11.4. The van der Waals surface area contributed by atoms with Gasteiger partial charge in [0.1, 0.15) is 0 Å². The van der Waals surface area contributed by atoms with Crippen molar-refractivity contribution in [1.29, 1.82) is 0 Å². The molecule has 2 heteroatoms. The fraction of sp³-hybridized carbons (Fsp3) is 0.500. The fourth-order valence-electron chi connectivity index (χ4n) is 2.82. The molecule has 1 aromatic carbocycles. The molecule has 2 saturated heterocycles. The lowest BCUT2D eigenvalue weighted by atomic mass is 9.90. The van der Waals surface area contributed by atoms with Gasteiger partial charge in [-0.05, 0) is 23.9 Å². The molecule has 0 radical (unpaired) electrons. The first-order valence-corrected chi connectivity index (χ1v) is 5.44. The van der Waals surface area contributed by atoms with Crippen molar-refractivity contribution in [3.63, 3.8) is 0 Å². The third-order valence-corrected chi connectivity index (χ3v) is 3.58. The number of hydrogen-bond acceptors (Lipinski definition) is 2. The Morgan fingerprint density at radius 3 is 2.71 bits per heavy atom. The first-order chi connectivity index (χ1) is 6.95. The summed E-state index contributed by atoms with van der Waals surface area (Å²) in [5, 5.41) is 7.12. The van der Waals surface area contributed by atoms with Crippen LogP contribution in [0.4, 0.5) is 0 Å². The van der Waals surface area contributed by atoms with Gasteiger partial charge in [-0.2, -0.15) is 0 Å². The van der Waals surface area contributed by atoms with Crippen molar-refractivity contribution in [1.82, 2.24) is 10.6 Å². The standard InChI is InChI=1S/C12H16N2/c1-2-4-9(5-3-1)12-11-8-13-6-10(11)7-14-12/h1-5,10-14H,6-8H2/t10-,11-,12+/m0/s1. The number of fused-ring (bicyclic) bond motifs is 1. The van der Waals surface area contributed by atoms with E-state index in [1.807, 2.05) is 0 Å². The Bertz CT molecular complexity index is 309. The van der Waals surface area contributed by atoms with Crippen LogP contribution in [0.2, 0.25) is 0 Å². The van der Waals surface area contributed by atoms with Gasteiger partial charge in [0.15, 0.2) is 0 Å². The summed E-state index contributed by atoms with van der Waals surface area (Å²) < 4.78 is 0. The van der Waals surface area contributed by atoms with Crippen LogP contribution in [0.3, 0.4) is 0 Å². The fourth-order valence-corrected chi connectivity index (χ4v) is 2.82. The van der Waals surface area contributed by atoms with Gasteiger partial charge in [0.2, 0.25) is 0 Å². The van der Waals surface area contributed by atoms with Gasteiger partial charge in [0, 0.05) is 19.1 Å². The Hall–Kier alpha value is -0.860. The van der Waals surface area contributed by atoms with Crippen molar-refractivity contribution in [2.24, 2.45) is 11.8 Å². The third-order valence-electron chi connectivity index (χ3n) is 3.58. The Morgan fingerprint density at radius 1 is 1.00 bits per heavy atom. The summed E-state index contributed by atoms with van der Waals surface area (Å²) in [5.74, 6) is 1.65. The summed E-state index contributed by atoms with van der Waals surface area (Å²) in [4.78, 5) is 0. The molecule has 0 saturated carbocycles. The maximum atomic E-state index is 3.63. The SMILES string of the molecule is c1ccc([C@H]2NC[C@@H]3CNC[C@@H]32)cc1. The van der Waals surface area contributed by atoms with Gasteiger partial charge in [0.25, 0.3) is 0 Å². The van der Waals surface area contributed by atoms with Crippen molar-refractivity contribution in [2.75, 3.05) is 19.6 Å². The van der Waals surface area contributed by atoms with Crippen molar-refractivity contribution >= 4 is 0 Å². The van der Waals surface area contributed by atoms with Crippen molar-refractivity contribution < 1.29 is 0 Å². The van der Waals surface area contributed by atoms with Crippen LogP contribution >= 0.6 is 0 Å². The van der Waals surface area contributed by atoms with E-state index >= 15 is 0 Å². The second-order valence-corrected chi connectivity index (χ2v) is 4.38. The van der Waals surface area contributed by atoms with Crippen LogP contribution in [-0.4, -0.2) is 19.6 Å². The van der Waals surface area contributed by atoms with E-state index in [1.165, 1.54) is 25.2 Å². The predicted octanol–water partition coefficient (Wildman–Crippen LogP) is 1.17. The Labute approximate surface area is 84.7 Å². The molecule has 0 amide bonds. The minimum absolute atomic E-state index is 0.580. The molecule has 14 heavy (non-hydrogen) atoms. The minimum Gasteiger partial charge on any atom is -0.316 e. The minimum atomic E-state index is 0.580. The summed E-state index contributed by atoms with van der Waals surface area (Å²) in [5.41, 5.74) is 1.45. The molecule has 1 aromatic rings. The average Bonchev–Trinajstić information content (AvgIpc) is 2.79. The molecule has 2 heterocycles. The third kappa shape index (κ3) is 1.26. The van der Waals surface area contributed by atoms with E-state index < -0.39 is 0 Å². The van der Waals surface area contributed by atoms with Gasteiger partial charge >= 0.3 is 0 Å². The van der Waals surface area contributed by atoms with Crippen LogP contribution in [0, 0.1) is 11.8 Å². The van der Waals surface area contributed by atoms with E-state index in [0.717, 1.165) is 11.8 Å². The van der Waals surface area contributed by atoms with E-state index in [2.05, 4.69) is 41.0 Å². The van der Waals surface area contributed by atoms with E-state index in [4.69, 9.17) is 0 Å². The second kappa shape index (κ2) is 3.37. The van der Waals surface area contributed by atoms with Crippen LogP contribution in [0.1, 0.15) is 11.6 Å². The first kappa shape index (κ1) is 8.45. The zero-order valence-electron chi connectivity index (χ0n) is 8.24. The van der Waals surface area contributed by atoms with Crippen LogP contribution in [0.25, 0.3) is 0 Å². The van der Waals surface area contributed by atoms with Gasteiger partial charge in [-0.3, -0.25) is 0 Å². The molecule has 2 aliphatic rings. The lowest BCUT2D eigenvalue weighted by Crippen LogP contribution is -2.23. The van der Waals surface area contributed by atoms with Crippen molar-refractivity contribution in [3.8, 4) is 0 Å². The van der Waals surface area contributed by atoms with E-state index in [1.54, 1.807) is 0 Å². The normalized spacial score (nSPS) is 35.9. The quantitative estimate of drug-likeness (QED) is 0.691. The molecule has 0 aliphatic carbocycles. The molecule has 0 unspecified atom stereocenters. The van der Waals surface area contributed by atoms with Gasteiger partial charge in [-0.1, -0.05) is 30.3 Å². The molecule has 2 aliphatic heterocycles. The molecule has 74 valence electrons. The van der Waals surface area contributed by atoms with Crippen LogP contribution in [-0.2, 0) is 0 Å². The first-order valence-electron chi connectivity index (χ1n) is 5.44. The highest BCUT2D eigenvalue weighted by Crippen LogP contribution is 2.35. The molecule has 0 spiro atoms. The molecular weight excluding hydrogens is 172 g/mol. The highest BCUT2D eigenvalue weighted by atomic mass is 15.0. The predicted molar refractivity (Wildman–Crippen MR) is 57.0 cm³/mol. The summed E-state index contributed by atoms with van der Waals surface area (Å²) >= 11 is 0. The highest BCUT2D eigenvalue weighted by molar-refractivity contribution is 5.22.